The van der Waals surface area contributed by atoms with Crippen molar-refractivity contribution in [2.75, 3.05) is 53.6 Å². The second-order valence-corrected chi connectivity index (χ2v) is 6.24. The Morgan fingerprint density at radius 3 is 2.67 bits per heavy atom. The Hall–Kier alpha value is -1.56. The Kier molecular flexibility index (Phi) is 8.08. The van der Waals surface area contributed by atoms with Gasteiger partial charge in [0.15, 0.2) is 11.5 Å². The highest BCUT2D eigenvalue weighted by atomic mass is 16.5. The lowest BCUT2D eigenvalue weighted by Crippen LogP contribution is -3.14. The van der Waals surface area contributed by atoms with Crippen molar-refractivity contribution in [3.63, 3.8) is 0 Å². The molecule has 24 heavy (non-hydrogen) atoms. The van der Waals surface area contributed by atoms with Gasteiger partial charge in [-0.2, -0.15) is 0 Å². The largest absolute Gasteiger partial charge is 0.493 e. The first kappa shape index (κ1) is 18.8. The van der Waals surface area contributed by atoms with Crippen molar-refractivity contribution in [3.05, 3.63) is 36.4 Å². The number of quaternary nitrogens is 2. The lowest BCUT2D eigenvalue weighted by molar-refractivity contribution is -0.909. The third kappa shape index (κ3) is 5.51. The minimum Gasteiger partial charge on any atom is -0.493 e. The Morgan fingerprint density at radius 1 is 1.25 bits per heavy atom. The minimum atomic E-state index is 0.377. The number of ether oxygens (including phenoxy) is 3. The highest BCUT2D eigenvalue weighted by Crippen LogP contribution is 2.29. The normalized spacial score (nSPS) is 16.6. The first-order valence-corrected chi connectivity index (χ1v) is 8.86. The van der Waals surface area contributed by atoms with Crippen molar-refractivity contribution in [2.24, 2.45) is 0 Å². The van der Waals surface area contributed by atoms with Crippen LogP contribution in [-0.2, 0) is 4.74 Å². The van der Waals surface area contributed by atoms with Crippen LogP contribution in [0.3, 0.4) is 0 Å². The number of nitrogens with one attached hydrogen (secondary N) is 1. The summed E-state index contributed by atoms with van der Waals surface area (Å²) < 4.78 is 16.2. The molecule has 1 fully saturated rings. The van der Waals surface area contributed by atoms with Crippen LogP contribution in [0.25, 0.3) is 0 Å². The molecule has 1 aromatic rings. The fourth-order valence-corrected chi connectivity index (χ4v) is 3.21. The number of hydrogen-bond acceptors (Lipinski definition) is 3. The average molecular weight is 336 g/mol. The molecule has 0 saturated carbocycles. The maximum Gasteiger partial charge on any atom is 0.161 e. The fourth-order valence-electron chi connectivity index (χ4n) is 3.21. The van der Waals surface area contributed by atoms with Crippen molar-refractivity contribution >= 4 is 0 Å². The highest BCUT2D eigenvalue weighted by molar-refractivity contribution is 5.43. The molecule has 0 radical (unpaired) electrons. The molecule has 5 nitrogen and oxygen atoms in total. The third-order valence-electron chi connectivity index (χ3n) is 4.64. The molecule has 1 aromatic carbocycles. The Bertz CT molecular complexity index is 501. The van der Waals surface area contributed by atoms with E-state index in [1.807, 2.05) is 12.1 Å². The zero-order chi connectivity index (χ0) is 17.2. The number of hydrogen-bond donors (Lipinski definition) is 2. The fraction of sp³-hybridized carbons (Fsp3) is 0.579. The Morgan fingerprint density at radius 2 is 2.00 bits per heavy atom. The van der Waals surface area contributed by atoms with Crippen molar-refractivity contribution in [2.45, 2.75) is 18.9 Å². The summed E-state index contributed by atoms with van der Waals surface area (Å²) in [6, 6.07) is 6.56. The molecular weight excluding hydrogens is 304 g/mol. The quantitative estimate of drug-likeness (QED) is 0.474. The second-order valence-electron chi connectivity index (χ2n) is 6.24. The van der Waals surface area contributed by atoms with Gasteiger partial charge >= 0.3 is 0 Å². The summed E-state index contributed by atoms with van der Waals surface area (Å²) in [6.45, 7) is 10.4. The molecule has 0 aromatic heterocycles. The molecule has 1 heterocycles. The van der Waals surface area contributed by atoms with Gasteiger partial charge in [0.2, 0.25) is 0 Å². The summed E-state index contributed by atoms with van der Waals surface area (Å²) in [5.74, 6) is 1.56. The SMILES string of the molecule is C=CC[C@@H]([NH2+]CCC[NH+]1CCOCC1)c1ccc(OC)c(OC)c1. The van der Waals surface area contributed by atoms with E-state index in [0.29, 0.717) is 6.04 Å². The predicted octanol–water partition coefficient (Wildman–Crippen LogP) is 0.190. The van der Waals surface area contributed by atoms with Gasteiger partial charge in [0.05, 0.1) is 40.5 Å². The van der Waals surface area contributed by atoms with Crippen LogP contribution in [0.4, 0.5) is 0 Å². The van der Waals surface area contributed by atoms with E-state index in [0.717, 1.165) is 50.8 Å². The number of methoxy groups -OCH3 is 2. The monoisotopic (exact) mass is 336 g/mol. The van der Waals surface area contributed by atoms with Crippen molar-refractivity contribution in [1.82, 2.24) is 0 Å². The molecule has 0 unspecified atom stereocenters. The molecule has 3 N–H and O–H groups in total. The van der Waals surface area contributed by atoms with Crippen molar-refractivity contribution in [1.29, 1.82) is 0 Å². The van der Waals surface area contributed by atoms with E-state index < -0.39 is 0 Å². The molecule has 134 valence electrons. The molecule has 1 saturated heterocycles. The van der Waals surface area contributed by atoms with Gasteiger partial charge in [-0.05, 0) is 18.2 Å². The number of benzene rings is 1. The maximum absolute atomic E-state index is 5.43. The molecule has 2 rings (SSSR count). The minimum absolute atomic E-state index is 0.377. The standard InChI is InChI=1S/C19H30N2O3/c1-4-6-17(16-7-8-18(22-2)19(15-16)23-3)20-9-5-10-21-11-13-24-14-12-21/h4,7-8,15,17,20H,1,5-6,9-14H2,2-3H3/p+2/t17-/m1/s1. The van der Waals surface area contributed by atoms with Crippen molar-refractivity contribution < 1.29 is 24.4 Å². The van der Waals surface area contributed by atoms with Gasteiger partial charge < -0.3 is 24.4 Å². The van der Waals surface area contributed by atoms with Crippen LogP contribution in [0.15, 0.2) is 30.9 Å². The molecule has 0 bridgehead atoms. The van der Waals surface area contributed by atoms with Crippen LogP contribution in [0.2, 0.25) is 0 Å². The molecular formula is C19H32N2O3+2. The van der Waals surface area contributed by atoms with Gasteiger partial charge in [-0.15, -0.1) is 6.58 Å². The van der Waals surface area contributed by atoms with E-state index in [9.17, 15) is 0 Å². The summed E-state index contributed by atoms with van der Waals surface area (Å²) in [6.07, 6.45) is 4.15. The van der Waals surface area contributed by atoms with Gasteiger partial charge in [-0.1, -0.05) is 6.08 Å². The van der Waals surface area contributed by atoms with Crippen LogP contribution >= 0.6 is 0 Å². The first-order valence-electron chi connectivity index (χ1n) is 8.86. The maximum atomic E-state index is 5.43. The predicted molar refractivity (Wildman–Crippen MR) is 94.9 cm³/mol. The third-order valence-corrected chi connectivity index (χ3v) is 4.64. The topological polar surface area (TPSA) is 48.7 Å². The van der Waals surface area contributed by atoms with Gasteiger partial charge in [-0.3, -0.25) is 0 Å². The molecule has 1 aliphatic heterocycles. The van der Waals surface area contributed by atoms with E-state index in [1.54, 1.807) is 19.1 Å². The molecule has 0 aliphatic carbocycles. The molecule has 1 aliphatic rings. The Labute approximate surface area is 145 Å². The summed E-state index contributed by atoms with van der Waals surface area (Å²) in [4.78, 5) is 1.67. The lowest BCUT2D eigenvalue weighted by atomic mass is 10.0. The van der Waals surface area contributed by atoms with Gasteiger partial charge in [-0.25, -0.2) is 0 Å². The first-order chi connectivity index (χ1) is 11.8. The summed E-state index contributed by atoms with van der Waals surface area (Å²) in [5.41, 5.74) is 1.26. The molecule has 0 amide bonds. The van der Waals surface area contributed by atoms with Crippen LogP contribution in [-0.4, -0.2) is 53.6 Å². The van der Waals surface area contributed by atoms with E-state index in [2.05, 4.69) is 24.0 Å². The van der Waals surface area contributed by atoms with E-state index in [4.69, 9.17) is 14.2 Å². The van der Waals surface area contributed by atoms with Gasteiger partial charge in [0.25, 0.3) is 0 Å². The van der Waals surface area contributed by atoms with Crippen LogP contribution in [0.5, 0.6) is 11.5 Å². The van der Waals surface area contributed by atoms with E-state index in [1.165, 1.54) is 18.5 Å². The lowest BCUT2D eigenvalue weighted by Gasteiger charge is -2.23. The zero-order valence-electron chi connectivity index (χ0n) is 15.1. The van der Waals surface area contributed by atoms with Crippen molar-refractivity contribution in [3.8, 4) is 11.5 Å². The number of morpholine rings is 1. The number of rotatable bonds is 10. The molecule has 0 spiro atoms. The molecule has 5 heteroatoms. The van der Waals surface area contributed by atoms with Gasteiger partial charge in [0.1, 0.15) is 19.1 Å². The second kappa shape index (κ2) is 10.3. The van der Waals surface area contributed by atoms with E-state index >= 15 is 0 Å². The smallest absolute Gasteiger partial charge is 0.161 e. The van der Waals surface area contributed by atoms with Crippen LogP contribution in [0.1, 0.15) is 24.4 Å². The van der Waals surface area contributed by atoms with Crippen LogP contribution in [0, 0.1) is 0 Å². The van der Waals surface area contributed by atoms with Gasteiger partial charge in [0, 0.05) is 18.4 Å². The average Bonchev–Trinajstić information content (AvgIpc) is 2.64. The number of nitrogens with two attached hydrogens (primary N) is 1. The summed E-state index contributed by atoms with van der Waals surface area (Å²) in [5, 5.41) is 2.42. The highest BCUT2D eigenvalue weighted by Gasteiger charge is 2.17. The zero-order valence-corrected chi connectivity index (χ0v) is 15.1. The summed E-state index contributed by atoms with van der Waals surface area (Å²) >= 11 is 0. The summed E-state index contributed by atoms with van der Waals surface area (Å²) in [7, 11) is 3.35. The van der Waals surface area contributed by atoms with E-state index in [-0.39, 0.29) is 0 Å². The molecule has 1 atom stereocenters. The Balaban J connectivity index is 1.87. The van der Waals surface area contributed by atoms with Crippen LogP contribution < -0.4 is 19.7 Å².